The van der Waals surface area contributed by atoms with E-state index in [0.29, 0.717) is 17.5 Å². The second kappa shape index (κ2) is 33.6. The maximum Gasteiger partial charge on any atom is 0.315 e. The molecule has 88 heavy (non-hydrogen) atoms. The van der Waals surface area contributed by atoms with Crippen LogP contribution in [0.2, 0.25) is 0 Å². The van der Waals surface area contributed by atoms with Crippen molar-refractivity contribution in [3.63, 3.8) is 0 Å². The van der Waals surface area contributed by atoms with E-state index in [-0.39, 0.29) is 75.7 Å². The highest BCUT2D eigenvalue weighted by Crippen LogP contribution is 2.24. The molecule has 27 nitrogen and oxygen atoms in total. The van der Waals surface area contributed by atoms with Crippen LogP contribution in [0.1, 0.15) is 89.3 Å². The lowest BCUT2D eigenvalue weighted by molar-refractivity contribution is -0.142. The minimum Gasteiger partial charge on any atom is -0.508 e. The lowest BCUT2D eigenvalue weighted by Crippen LogP contribution is -2.56. The van der Waals surface area contributed by atoms with Crippen molar-refractivity contribution < 1.29 is 68.1 Å². The molecule has 0 unspecified atom stereocenters. The predicted octanol–water partition coefficient (Wildman–Crippen LogP) is -0.688. The van der Waals surface area contributed by atoms with Crippen LogP contribution in [0.4, 0.5) is 4.79 Å². The average molecular weight is 1220 g/mol. The molecule has 5 rings (SSSR count). The number of nitrogens with two attached hydrogens (primary N) is 3. The molecule has 4 aromatic rings. The number of primary amides is 2. The Balaban J connectivity index is 1.28. The average Bonchev–Trinajstić information content (AvgIpc) is 2.76. The molecular formula is C61H83N13O14. The molecule has 0 spiro atoms. The van der Waals surface area contributed by atoms with Crippen molar-refractivity contribution in [2.45, 2.75) is 140 Å². The number of aliphatic imine (C=N–C) groups is 1. The number of benzene rings is 3. The first kappa shape index (κ1) is 69.5. The van der Waals surface area contributed by atoms with E-state index in [4.69, 9.17) is 17.2 Å². The van der Waals surface area contributed by atoms with Crippen LogP contribution in [-0.4, -0.2) is 171 Å². The van der Waals surface area contributed by atoms with Crippen LogP contribution in [-0.2, 0) is 67.2 Å². The lowest BCUT2D eigenvalue weighted by Gasteiger charge is -2.30. The fourth-order valence-electron chi connectivity index (χ4n) is 10.4. The fourth-order valence-corrected chi connectivity index (χ4v) is 10.4. The third-order valence-corrected chi connectivity index (χ3v) is 15.0. The minimum atomic E-state index is -1.71. The topological polar surface area (TPSA) is 442 Å². The van der Waals surface area contributed by atoms with Crippen molar-refractivity contribution in [2.75, 3.05) is 26.7 Å². The molecule has 0 saturated carbocycles. The largest absolute Gasteiger partial charge is 0.508 e. The molecule has 1 fully saturated rings. The van der Waals surface area contributed by atoms with E-state index in [0.717, 1.165) is 21.4 Å². The Hall–Kier alpha value is -9.24. The Morgan fingerprint density at radius 1 is 0.693 bits per heavy atom. The summed E-state index contributed by atoms with van der Waals surface area (Å²) in [5.74, 6) is -10.7. The van der Waals surface area contributed by atoms with Crippen LogP contribution < -0.4 is 54.4 Å². The number of β-amino-alcohol motifs (C(OH)–C–C–N with tert-alkyl or cyclic N) is 1. The highest BCUT2D eigenvalue weighted by molar-refractivity contribution is 6.00. The maximum atomic E-state index is 14.3. The number of urea groups is 1. The quantitative estimate of drug-likeness (QED) is 0.0156. The number of rotatable bonds is 34. The predicted molar refractivity (Wildman–Crippen MR) is 324 cm³/mol. The zero-order valence-electron chi connectivity index (χ0n) is 50.1. The zero-order chi connectivity index (χ0) is 64.8. The summed E-state index contributed by atoms with van der Waals surface area (Å²) in [6.45, 7) is 5.26. The first-order valence-electron chi connectivity index (χ1n) is 29.1. The van der Waals surface area contributed by atoms with Gasteiger partial charge >= 0.3 is 6.03 Å². The number of para-hydroxylation sites is 1. The molecular weight excluding hydrogens is 1140 g/mol. The number of aliphatic hydroxyl groups is 2. The number of carbonyl (C=O) groups is 11. The van der Waals surface area contributed by atoms with Gasteiger partial charge in [-0.15, -0.1) is 0 Å². The summed E-state index contributed by atoms with van der Waals surface area (Å²) in [5.41, 5.74) is 19.8. The van der Waals surface area contributed by atoms with Gasteiger partial charge in [0.05, 0.1) is 49.2 Å². The van der Waals surface area contributed by atoms with Crippen molar-refractivity contribution in [1.82, 2.24) is 47.1 Å². The number of phenols is 1. The molecule has 17 N–H and O–H groups in total. The molecule has 0 radical (unpaired) electrons. The van der Waals surface area contributed by atoms with Crippen LogP contribution in [0.15, 0.2) is 90.1 Å². The fraction of sp³-hybridized carbons (Fsp3) is 0.475. The first-order valence-corrected chi connectivity index (χ1v) is 29.1. The van der Waals surface area contributed by atoms with Gasteiger partial charge in [0.1, 0.15) is 23.9 Å². The van der Waals surface area contributed by atoms with E-state index in [2.05, 4.69) is 47.2 Å². The number of nitrogens with zero attached hydrogens (tertiary/aromatic N) is 2. The monoisotopic (exact) mass is 1220 g/mol. The van der Waals surface area contributed by atoms with E-state index < -0.39 is 144 Å². The molecule has 27 heteroatoms. The number of amides is 9. The number of nitrogens with one attached hydrogen (secondary N) is 8. The third kappa shape index (κ3) is 21.6. The number of aromatic hydroxyl groups is 1. The number of aromatic nitrogens is 1. The van der Waals surface area contributed by atoms with Crippen molar-refractivity contribution in [3.8, 4) is 5.75 Å². The Kier molecular flexibility index (Phi) is 26.6. The summed E-state index contributed by atoms with van der Waals surface area (Å²) in [5, 5.41) is 50.6. The number of H-pyrrole nitrogens is 1. The number of ketones is 3. The third-order valence-electron chi connectivity index (χ3n) is 15.0. The Bertz CT molecular complexity index is 3130. The number of hydrogen-bond donors (Lipinski definition) is 14. The van der Waals surface area contributed by atoms with E-state index in [9.17, 15) is 68.1 Å². The van der Waals surface area contributed by atoms with Gasteiger partial charge in [0.2, 0.25) is 41.4 Å². The summed E-state index contributed by atoms with van der Waals surface area (Å²) in [4.78, 5) is 158. The SMILES string of the molecule is CN=C(N)NCCC[C@H](CC(=O)[C@H](CC(C)C)NC(=O)NCC(=O)[C@H](Cc1ccccc1)NC(=O)[C@@H](CC(=O)[C@@H](CC(N)=O)NC(=O)[C@@H]1C[C@@H](O)CN1C(=O)[C@@H](Cc1ccc(O)cc1)NC(C)=O)[C@@H](C)O)C(=O)N[C@@H](Cc1c[nH]c2ccccc12)C(N)=O. The van der Waals surface area contributed by atoms with E-state index in [1.165, 1.54) is 45.2 Å². The number of phenolic OH excluding ortho intramolecular Hbond substituents is 1. The zero-order valence-corrected chi connectivity index (χ0v) is 50.1. The summed E-state index contributed by atoms with van der Waals surface area (Å²) < 4.78 is 0. The van der Waals surface area contributed by atoms with Gasteiger partial charge in [0, 0.05) is 82.2 Å². The molecule has 0 bridgehead atoms. The molecule has 1 aliphatic rings. The van der Waals surface area contributed by atoms with Crippen LogP contribution in [0.25, 0.3) is 10.9 Å². The number of aliphatic hydroxyl groups excluding tert-OH is 2. The summed E-state index contributed by atoms with van der Waals surface area (Å²) in [6, 6.07) is 12.7. The number of likely N-dealkylation sites (tertiary alicyclic amines) is 1. The summed E-state index contributed by atoms with van der Waals surface area (Å²) in [7, 11) is 1.50. The number of hydrogen-bond acceptors (Lipinski definition) is 15. The van der Waals surface area contributed by atoms with Crippen molar-refractivity contribution in [1.29, 1.82) is 0 Å². The second-order valence-corrected chi connectivity index (χ2v) is 22.6. The number of guanidine groups is 1. The molecule has 1 aromatic heterocycles. The van der Waals surface area contributed by atoms with E-state index >= 15 is 0 Å². The number of carbonyl (C=O) groups excluding carboxylic acids is 11. The van der Waals surface area contributed by atoms with Crippen LogP contribution in [0, 0.1) is 17.8 Å². The highest BCUT2D eigenvalue weighted by Gasteiger charge is 2.43. The molecule has 2 heterocycles. The van der Waals surface area contributed by atoms with E-state index in [1.54, 1.807) is 36.5 Å². The van der Waals surface area contributed by atoms with Gasteiger partial charge in [0.15, 0.2) is 23.3 Å². The summed E-state index contributed by atoms with van der Waals surface area (Å²) >= 11 is 0. The minimum absolute atomic E-state index is 0.0400. The van der Waals surface area contributed by atoms with Crippen molar-refractivity contribution in [3.05, 3.63) is 102 Å². The number of Topliss-reactive ketones (excluding diaryl/α,β-unsaturated/α-hetero) is 3. The van der Waals surface area contributed by atoms with Gasteiger partial charge < -0.3 is 79.6 Å². The number of aromatic amines is 1. The normalized spacial score (nSPS) is 16.8. The van der Waals surface area contributed by atoms with Gasteiger partial charge in [-0.1, -0.05) is 74.5 Å². The highest BCUT2D eigenvalue weighted by atomic mass is 16.3. The molecule has 3 aromatic carbocycles. The molecule has 9 amide bonds. The number of fused-ring (bicyclic) bond motifs is 1. The molecule has 476 valence electrons. The van der Waals surface area contributed by atoms with Gasteiger partial charge in [-0.3, -0.25) is 52.9 Å². The van der Waals surface area contributed by atoms with E-state index in [1.807, 2.05) is 38.1 Å². The maximum absolute atomic E-state index is 14.3. The first-order chi connectivity index (χ1) is 41.7. The van der Waals surface area contributed by atoms with Gasteiger partial charge in [-0.2, -0.15) is 0 Å². The molecule has 0 aliphatic carbocycles. The Labute approximate surface area is 509 Å². The van der Waals surface area contributed by atoms with Gasteiger partial charge in [-0.25, -0.2) is 4.79 Å². The standard InChI is InChI=1S/C61H83N13O14/c1-33(2)22-45(51(79)26-38(14-11-21-66-60(64)65-5)56(84)72-48(55(63)83)25-39-30-67-44-16-10-9-15-42(39)44)73-61(88)68-31-53(81)46(23-36-12-7-6-8-13-36)70-57(85)43(34(3)75)28-52(80)47(29-54(62)82)71-58(86)50-27-41(78)32-74(50)59(87)49(69-35(4)76)24-37-17-19-40(77)20-18-37/h6-10,12-13,15-20,30,33-34,38,41,43,45-50,67,75,77-78H,11,14,21-29,31-32H2,1-5H3,(H2,62,82)(H2,63,83)(H,69,76)(H,70,85)(H,71,86)(H,72,84)(H3,64,65,66)(H2,68,73,88)/t34-,38-,41-,43+,45+,46+,47-,48+,49-,50+/m1/s1. The van der Waals surface area contributed by atoms with Gasteiger partial charge in [-0.05, 0) is 73.4 Å². The Morgan fingerprint density at radius 2 is 1.33 bits per heavy atom. The van der Waals surface area contributed by atoms with Crippen molar-refractivity contribution in [2.24, 2.45) is 39.9 Å². The molecule has 1 saturated heterocycles. The van der Waals surface area contributed by atoms with Crippen LogP contribution in [0.5, 0.6) is 5.75 Å². The van der Waals surface area contributed by atoms with Crippen LogP contribution >= 0.6 is 0 Å². The van der Waals surface area contributed by atoms with Crippen LogP contribution in [0.3, 0.4) is 0 Å². The summed E-state index contributed by atoms with van der Waals surface area (Å²) in [6.07, 6.45) is -2.90. The van der Waals surface area contributed by atoms with Crippen molar-refractivity contribution >= 4 is 81.6 Å². The second-order valence-electron chi connectivity index (χ2n) is 22.6. The smallest absolute Gasteiger partial charge is 0.315 e. The molecule has 10 atom stereocenters. The Morgan fingerprint density at radius 3 is 1.97 bits per heavy atom. The molecule has 1 aliphatic heterocycles. The lowest BCUT2D eigenvalue weighted by atomic mass is 9.90. The van der Waals surface area contributed by atoms with Gasteiger partial charge in [0.25, 0.3) is 0 Å².